The third-order valence-electron chi connectivity index (χ3n) is 2.47. The first kappa shape index (κ1) is 12.6. The number of hydrogen-bond acceptors (Lipinski definition) is 2. The Morgan fingerprint density at radius 2 is 2.19 bits per heavy atom. The Kier molecular flexibility index (Phi) is 4.35. The van der Waals surface area contributed by atoms with E-state index in [1.807, 2.05) is 39.0 Å². The molecule has 1 N–H and O–H groups in total. The Morgan fingerprint density at radius 1 is 1.50 bits per heavy atom. The largest absolute Gasteiger partial charge is 0.493 e. The van der Waals surface area contributed by atoms with Crippen molar-refractivity contribution < 1.29 is 14.6 Å². The van der Waals surface area contributed by atoms with Gasteiger partial charge in [-0.2, -0.15) is 0 Å². The van der Waals surface area contributed by atoms with E-state index >= 15 is 0 Å². The highest BCUT2D eigenvalue weighted by Gasteiger charge is 2.25. The van der Waals surface area contributed by atoms with Gasteiger partial charge in [0, 0.05) is 11.5 Å². The van der Waals surface area contributed by atoms with Crippen LogP contribution < -0.4 is 4.74 Å². The van der Waals surface area contributed by atoms with E-state index in [4.69, 9.17) is 9.84 Å². The van der Waals surface area contributed by atoms with Gasteiger partial charge in [-0.25, -0.2) is 0 Å². The lowest BCUT2D eigenvalue weighted by Crippen LogP contribution is -2.07. The van der Waals surface area contributed by atoms with Crippen LogP contribution in [0.1, 0.15) is 37.3 Å². The number of carboxylic acid groups (broad SMARTS) is 1. The number of benzene rings is 1. The molecule has 1 atom stereocenters. The molecule has 0 radical (unpaired) electrons. The average molecular weight is 222 g/mol. The minimum absolute atomic E-state index is 0.0168. The second-order valence-electron chi connectivity index (χ2n) is 3.65. The molecule has 1 aliphatic rings. The van der Waals surface area contributed by atoms with Crippen LogP contribution in [-0.2, 0) is 4.79 Å². The van der Waals surface area contributed by atoms with Crippen molar-refractivity contribution in [1.29, 1.82) is 0 Å². The molecule has 1 unspecified atom stereocenters. The maximum atomic E-state index is 10.6. The first-order valence-corrected chi connectivity index (χ1v) is 5.62. The predicted octanol–water partition coefficient (Wildman–Crippen LogP) is 2.97. The van der Waals surface area contributed by atoms with Gasteiger partial charge in [-0.3, -0.25) is 4.79 Å². The van der Waals surface area contributed by atoms with E-state index in [0.29, 0.717) is 6.61 Å². The highest BCUT2D eigenvalue weighted by atomic mass is 16.5. The minimum Gasteiger partial charge on any atom is -0.493 e. The molecule has 0 aliphatic carbocycles. The molecular weight excluding hydrogens is 204 g/mol. The van der Waals surface area contributed by atoms with Crippen molar-refractivity contribution in [2.24, 2.45) is 0 Å². The SMILES string of the molecule is CC.Cc1ccc2c(c1)OCC2CC(=O)O. The maximum absolute atomic E-state index is 10.6. The number of fused-ring (bicyclic) bond motifs is 1. The summed E-state index contributed by atoms with van der Waals surface area (Å²) in [5.74, 6) is 0.0892. The van der Waals surface area contributed by atoms with E-state index in [0.717, 1.165) is 16.9 Å². The van der Waals surface area contributed by atoms with Gasteiger partial charge in [0.25, 0.3) is 0 Å². The number of ether oxygens (including phenoxy) is 1. The van der Waals surface area contributed by atoms with E-state index in [1.54, 1.807) is 0 Å². The molecule has 0 amide bonds. The Bertz CT molecular complexity index is 371. The zero-order valence-electron chi connectivity index (χ0n) is 9.99. The van der Waals surface area contributed by atoms with Gasteiger partial charge >= 0.3 is 5.97 Å². The number of hydrogen-bond donors (Lipinski definition) is 1. The quantitative estimate of drug-likeness (QED) is 0.836. The summed E-state index contributed by atoms with van der Waals surface area (Å²) >= 11 is 0. The minimum atomic E-state index is -0.771. The summed E-state index contributed by atoms with van der Waals surface area (Å²) in [4.78, 5) is 10.6. The van der Waals surface area contributed by atoms with Crippen LogP contribution in [-0.4, -0.2) is 17.7 Å². The van der Waals surface area contributed by atoms with Crippen LogP contribution >= 0.6 is 0 Å². The highest BCUT2D eigenvalue weighted by Crippen LogP contribution is 2.36. The normalized spacial score (nSPS) is 16.8. The lowest BCUT2D eigenvalue weighted by atomic mass is 9.97. The summed E-state index contributed by atoms with van der Waals surface area (Å²) in [6, 6.07) is 5.91. The molecule has 16 heavy (non-hydrogen) atoms. The van der Waals surface area contributed by atoms with Crippen molar-refractivity contribution in [3.63, 3.8) is 0 Å². The zero-order chi connectivity index (χ0) is 12.1. The van der Waals surface area contributed by atoms with Crippen LogP contribution in [0.25, 0.3) is 0 Å². The lowest BCUT2D eigenvalue weighted by Gasteiger charge is -2.04. The molecule has 0 fully saturated rings. The Labute approximate surface area is 96.1 Å². The molecule has 1 aromatic carbocycles. The number of aliphatic carboxylic acids is 1. The molecule has 1 heterocycles. The smallest absolute Gasteiger partial charge is 0.304 e. The summed E-state index contributed by atoms with van der Waals surface area (Å²) < 4.78 is 5.43. The lowest BCUT2D eigenvalue weighted by molar-refractivity contribution is -0.137. The van der Waals surface area contributed by atoms with Gasteiger partial charge in [0.1, 0.15) is 5.75 Å². The van der Waals surface area contributed by atoms with Crippen molar-refractivity contribution in [3.05, 3.63) is 29.3 Å². The molecule has 0 saturated carbocycles. The van der Waals surface area contributed by atoms with Gasteiger partial charge in [-0.1, -0.05) is 26.0 Å². The first-order valence-electron chi connectivity index (χ1n) is 5.62. The number of aryl methyl sites for hydroxylation is 1. The van der Waals surface area contributed by atoms with Crippen molar-refractivity contribution in [3.8, 4) is 5.75 Å². The molecule has 3 heteroatoms. The topological polar surface area (TPSA) is 46.5 Å². The molecular formula is C13H18O3. The summed E-state index contributed by atoms with van der Waals surface area (Å²) in [7, 11) is 0. The van der Waals surface area contributed by atoms with E-state index in [2.05, 4.69) is 0 Å². The fourth-order valence-electron chi connectivity index (χ4n) is 1.76. The van der Waals surface area contributed by atoms with Crippen LogP contribution in [0.3, 0.4) is 0 Å². The van der Waals surface area contributed by atoms with Crippen LogP contribution in [0.4, 0.5) is 0 Å². The van der Waals surface area contributed by atoms with Crippen LogP contribution in [0.15, 0.2) is 18.2 Å². The predicted molar refractivity (Wildman–Crippen MR) is 63.0 cm³/mol. The average Bonchev–Trinajstić information content (AvgIpc) is 2.63. The monoisotopic (exact) mass is 222 g/mol. The standard InChI is InChI=1S/C11H12O3.C2H6/c1-7-2-3-9-8(5-11(12)13)6-14-10(9)4-7;1-2/h2-4,8H,5-6H2,1H3,(H,12,13);1-2H3. The molecule has 0 saturated heterocycles. The van der Waals surface area contributed by atoms with E-state index < -0.39 is 5.97 Å². The van der Waals surface area contributed by atoms with E-state index in [9.17, 15) is 4.79 Å². The molecule has 1 aromatic rings. The second-order valence-corrected chi connectivity index (χ2v) is 3.65. The Morgan fingerprint density at radius 3 is 2.81 bits per heavy atom. The Balaban J connectivity index is 0.000000606. The summed E-state index contributed by atoms with van der Waals surface area (Å²) in [6.07, 6.45) is 0.149. The van der Waals surface area contributed by atoms with Crippen LogP contribution in [0.2, 0.25) is 0 Å². The van der Waals surface area contributed by atoms with Crippen molar-refractivity contribution in [1.82, 2.24) is 0 Å². The third kappa shape index (κ3) is 2.75. The zero-order valence-corrected chi connectivity index (χ0v) is 9.99. The summed E-state index contributed by atoms with van der Waals surface area (Å²) in [6.45, 7) is 6.49. The number of rotatable bonds is 2. The number of carboxylic acids is 1. The Hall–Kier alpha value is -1.51. The number of carbonyl (C=O) groups is 1. The van der Waals surface area contributed by atoms with E-state index in [1.165, 1.54) is 0 Å². The van der Waals surface area contributed by atoms with Crippen molar-refractivity contribution in [2.45, 2.75) is 33.1 Å². The molecule has 3 nitrogen and oxygen atoms in total. The van der Waals surface area contributed by atoms with Crippen LogP contribution in [0.5, 0.6) is 5.75 Å². The van der Waals surface area contributed by atoms with Gasteiger partial charge in [0.2, 0.25) is 0 Å². The van der Waals surface area contributed by atoms with Crippen LogP contribution in [0, 0.1) is 6.92 Å². The fourth-order valence-corrected chi connectivity index (χ4v) is 1.76. The highest BCUT2D eigenvalue weighted by molar-refractivity contribution is 5.68. The van der Waals surface area contributed by atoms with Gasteiger partial charge in [-0.05, 0) is 18.6 Å². The fraction of sp³-hybridized carbons (Fsp3) is 0.462. The molecule has 0 aromatic heterocycles. The van der Waals surface area contributed by atoms with E-state index in [-0.39, 0.29) is 12.3 Å². The maximum Gasteiger partial charge on any atom is 0.304 e. The molecule has 0 bridgehead atoms. The summed E-state index contributed by atoms with van der Waals surface area (Å²) in [5.41, 5.74) is 2.16. The van der Waals surface area contributed by atoms with Crippen molar-refractivity contribution in [2.75, 3.05) is 6.61 Å². The van der Waals surface area contributed by atoms with Gasteiger partial charge in [-0.15, -0.1) is 0 Å². The first-order chi connectivity index (χ1) is 7.66. The molecule has 0 spiro atoms. The van der Waals surface area contributed by atoms with Gasteiger partial charge < -0.3 is 9.84 Å². The molecule has 88 valence electrons. The third-order valence-corrected chi connectivity index (χ3v) is 2.47. The van der Waals surface area contributed by atoms with Gasteiger partial charge in [0.05, 0.1) is 13.0 Å². The molecule has 2 rings (SSSR count). The molecule has 1 aliphatic heterocycles. The van der Waals surface area contributed by atoms with Crippen molar-refractivity contribution >= 4 is 5.97 Å². The van der Waals surface area contributed by atoms with Gasteiger partial charge in [0.15, 0.2) is 0 Å². The summed E-state index contributed by atoms with van der Waals surface area (Å²) in [5, 5.41) is 8.70. The second kappa shape index (κ2) is 5.54.